The summed E-state index contributed by atoms with van der Waals surface area (Å²) in [6.45, 7) is 29.9. The van der Waals surface area contributed by atoms with Crippen LogP contribution >= 0.6 is 0 Å². The van der Waals surface area contributed by atoms with Crippen LogP contribution in [0.15, 0.2) is 0 Å². The van der Waals surface area contributed by atoms with Gasteiger partial charge in [0.05, 0.1) is 13.2 Å². The lowest BCUT2D eigenvalue weighted by Crippen LogP contribution is -2.30. The van der Waals surface area contributed by atoms with Gasteiger partial charge in [0.2, 0.25) is 0 Å². The average Bonchev–Trinajstić information content (AvgIpc) is 2.84. The van der Waals surface area contributed by atoms with E-state index >= 15 is 0 Å². The molecule has 1 heteroatoms. The molecule has 0 saturated heterocycles. The molecule has 0 aromatic heterocycles. The average molecular weight is 441 g/mol. The molecule has 0 N–H and O–H groups in total. The maximum Gasteiger partial charge on any atom is 0.0522 e. The van der Waals surface area contributed by atoms with Crippen LogP contribution in [0.3, 0.4) is 0 Å². The summed E-state index contributed by atoms with van der Waals surface area (Å²) in [4.78, 5) is 0. The lowest BCUT2D eigenvalue weighted by molar-refractivity contribution is -0.0181. The van der Waals surface area contributed by atoms with Gasteiger partial charge in [-0.3, -0.25) is 0 Å². The molecule has 0 fully saturated rings. The molecule has 1 nitrogen and oxygen atoms in total. The zero-order chi connectivity index (χ0) is 24.6. The summed E-state index contributed by atoms with van der Waals surface area (Å²) < 4.78 is 6.11. The van der Waals surface area contributed by atoms with Crippen LogP contribution < -0.4 is 0 Å². The van der Waals surface area contributed by atoms with Crippen molar-refractivity contribution < 1.29 is 4.74 Å². The number of ether oxygens (including phenoxy) is 1. The fourth-order valence-electron chi connectivity index (χ4n) is 5.13. The van der Waals surface area contributed by atoms with Crippen LogP contribution in [-0.2, 0) is 4.74 Å². The summed E-state index contributed by atoms with van der Waals surface area (Å²) >= 11 is 0. The van der Waals surface area contributed by atoms with Crippen molar-refractivity contribution in [3.05, 3.63) is 0 Å². The summed E-state index contributed by atoms with van der Waals surface area (Å²) in [5.41, 5.74) is 2.02. The lowest BCUT2D eigenvalue weighted by atomic mass is 9.66. The first kappa shape index (κ1) is 33.1. The predicted octanol–water partition coefficient (Wildman–Crippen LogP) is 10.9. The van der Waals surface area contributed by atoms with E-state index in [4.69, 9.17) is 4.74 Å². The highest BCUT2D eigenvalue weighted by Gasteiger charge is 2.33. The fraction of sp³-hybridized carbons (Fsp3) is 1.00. The summed E-state index contributed by atoms with van der Waals surface area (Å²) in [5.74, 6) is 0. The van der Waals surface area contributed by atoms with Crippen molar-refractivity contribution in [3.63, 3.8) is 0 Å². The number of hydrogen-bond acceptors (Lipinski definition) is 1. The van der Waals surface area contributed by atoms with Gasteiger partial charge >= 0.3 is 0 Å². The van der Waals surface area contributed by atoms with Gasteiger partial charge in [0.1, 0.15) is 0 Å². The van der Waals surface area contributed by atoms with Crippen LogP contribution in [0.1, 0.15) is 160 Å². The van der Waals surface area contributed by atoms with Gasteiger partial charge in [-0.1, -0.05) is 115 Å². The Morgan fingerprint density at radius 2 is 0.645 bits per heavy atom. The summed E-state index contributed by atoms with van der Waals surface area (Å²) in [6, 6.07) is 0. The quantitative estimate of drug-likeness (QED) is 0.218. The molecule has 0 spiro atoms. The van der Waals surface area contributed by atoms with E-state index in [2.05, 4.69) is 83.1 Å². The van der Waals surface area contributed by atoms with E-state index in [1.165, 1.54) is 77.0 Å². The molecule has 0 radical (unpaired) electrons. The summed E-state index contributed by atoms with van der Waals surface area (Å²) in [7, 11) is 0. The van der Waals surface area contributed by atoms with E-state index in [1.54, 1.807) is 0 Å². The lowest BCUT2D eigenvalue weighted by Gasteiger charge is -2.40. The van der Waals surface area contributed by atoms with Gasteiger partial charge in [0.25, 0.3) is 0 Å². The molecule has 0 aliphatic rings. The second kappa shape index (κ2) is 16.6. The minimum Gasteiger partial charge on any atom is -0.380 e. The normalized spacial score (nSPS) is 13.2. The molecular formula is C30H64O. The van der Waals surface area contributed by atoms with E-state index in [1.807, 2.05) is 0 Å². The Morgan fingerprint density at radius 3 is 0.839 bits per heavy atom. The highest BCUT2D eigenvalue weighted by atomic mass is 16.5. The van der Waals surface area contributed by atoms with Gasteiger partial charge in [-0.25, -0.2) is 0 Å². The van der Waals surface area contributed by atoms with Gasteiger partial charge < -0.3 is 4.74 Å². The van der Waals surface area contributed by atoms with Crippen LogP contribution in [0.5, 0.6) is 0 Å². The van der Waals surface area contributed by atoms with Crippen molar-refractivity contribution in [1.82, 2.24) is 0 Å². The minimum absolute atomic E-state index is 0.418. The van der Waals surface area contributed by atoms with Crippen LogP contribution in [0.25, 0.3) is 0 Å². The van der Waals surface area contributed by atoms with Crippen molar-refractivity contribution in [1.29, 1.82) is 0 Å². The van der Waals surface area contributed by atoms with Crippen molar-refractivity contribution in [2.75, 3.05) is 13.2 Å². The number of rotatable bonds is 17. The minimum atomic E-state index is 0.418. The summed E-state index contributed by atoms with van der Waals surface area (Å²) in [5, 5.41) is 0. The molecule has 0 aliphatic heterocycles. The molecule has 0 bridgehead atoms. The smallest absolute Gasteiger partial charge is 0.0522 e. The maximum absolute atomic E-state index is 6.11. The van der Waals surface area contributed by atoms with Crippen molar-refractivity contribution in [3.8, 4) is 0 Å². The fourth-order valence-corrected chi connectivity index (χ4v) is 5.13. The Bertz CT molecular complexity index is 350. The van der Waals surface area contributed by atoms with Gasteiger partial charge in [0.15, 0.2) is 0 Å². The van der Waals surface area contributed by atoms with Crippen molar-refractivity contribution in [2.24, 2.45) is 21.7 Å². The van der Waals surface area contributed by atoms with Gasteiger partial charge in [0, 0.05) is 0 Å². The van der Waals surface area contributed by atoms with Crippen LogP contribution in [0, 0.1) is 21.7 Å². The predicted molar refractivity (Wildman–Crippen MR) is 144 cm³/mol. The maximum atomic E-state index is 6.11. The zero-order valence-corrected chi connectivity index (χ0v) is 24.3. The highest BCUT2D eigenvalue weighted by Crippen LogP contribution is 2.45. The first-order valence-electron chi connectivity index (χ1n) is 14.2. The van der Waals surface area contributed by atoms with E-state index in [9.17, 15) is 0 Å². The van der Waals surface area contributed by atoms with E-state index in [0.717, 1.165) is 13.2 Å². The molecular weight excluding hydrogens is 376 g/mol. The molecule has 0 atom stereocenters. The zero-order valence-electron chi connectivity index (χ0n) is 24.3. The molecule has 0 aliphatic carbocycles. The SMILES string of the molecule is CCC(C)(CC)CC(CC)(CC)CC.CCC(CC)(CC)COCC(CC)(CC)CC. The van der Waals surface area contributed by atoms with Crippen LogP contribution in [0.4, 0.5) is 0 Å². The van der Waals surface area contributed by atoms with Crippen molar-refractivity contribution in [2.45, 2.75) is 160 Å². The molecule has 31 heavy (non-hydrogen) atoms. The molecule has 0 unspecified atom stereocenters. The first-order valence-corrected chi connectivity index (χ1v) is 14.2. The summed E-state index contributed by atoms with van der Waals surface area (Å²) in [6.07, 6.45) is 15.5. The van der Waals surface area contributed by atoms with Gasteiger partial charge in [-0.15, -0.1) is 0 Å². The largest absolute Gasteiger partial charge is 0.380 e. The Labute approximate surface area is 199 Å². The molecule has 0 heterocycles. The van der Waals surface area contributed by atoms with E-state index in [-0.39, 0.29) is 0 Å². The second-order valence-corrected chi connectivity index (χ2v) is 10.9. The molecule has 0 rings (SSSR count). The first-order chi connectivity index (χ1) is 14.6. The Morgan fingerprint density at radius 1 is 0.387 bits per heavy atom. The molecule has 0 aromatic carbocycles. The topological polar surface area (TPSA) is 9.23 Å². The molecule has 0 amide bonds. The van der Waals surface area contributed by atoms with Crippen molar-refractivity contribution >= 4 is 0 Å². The Kier molecular flexibility index (Phi) is 17.7. The Hall–Kier alpha value is -0.0400. The third kappa shape index (κ3) is 10.6. The molecule has 0 aromatic rings. The second-order valence-electron chi connectivity index (χ2n) is 10.9. The third-order valence-corrected chi connectivity index (χ3v) is 10.1. The van der Waals surface area contributed by atoms with E-state index in [0.29, 0.717) is 21.7 Å². The molecule has 190 valence electrons. The molecule has 0 saturated carbocycles. The Balaban J connectivity index is 0. The van der Waals surface area contributed by atoms with Gasteiger partial charge in [-0.2, -0.15) is 0 Å². The number of hydrogen-bond donors (Lipinski definition) is 0. The standard InChI is InChI=1S/C16H34O.C14H30/c1-7-15(8-2,9-3)13-17-14-16(10-4,11-5)12-6;1-7-13(6,8-2)12-14(9-3,10-4)11-5/h7-14H2,1-6H3;7-12H2,1-6H3. The van der Waals surface area contributed by atoms with Crippen LogP contribution in [0.2, 0.25) is 0 Å². The third-order valence-electron chi connectivity index (χ3n) is 10.1. The highest BCUT2D eigenvalue weighted by molar-refractivity contribution is 4.84. The monoisotopic (exact) mass is 440 g/mol. The van der Waals surface area contributed by atoms with E-state index < -0.39 is 0 Å². The van der Waals surface area contributed by atoms with Crippen LogP contribution in [-0.4, -0.2) is 13.2 Å². The van der Waals surface area contributed by atoms with Gasteiger partial charge in [-0.05, 0) is 66.6 Å².